The van der Waals surface area contributed by atoms with Crippen molar-refractivity contribution in [3.05, 3.63) is 227 Å². The summed E-state index contributed by atoms with van der Waals surface area (Å²) in [5.74, 6) is -25.0. The summed E-state index contributed by atoms with van der Waals surface area (Å²) in [6, 6.07) is 28.5. The molecule has 0 radical (unpaired) electrons. The molecule has 6 aromatic carbocycles. The highest BCUT2D eigenvalue weighted by molar-refractivity contribution is 6.02. The van der Waals surface area contributed by atoms with Gasteiger partial charge in [0.25, 0.3) is 23.6 Å². The summed E-state index contributed by atoms with van der Waals surface area (Å²) >= 11 is 0. The molecule has 0 aliphatic heterocycles. The van der Waals surface area contributed by atoms with Crippen LogP contribution in [0.25, 0.3) is 21.5 Å². The van der Waals surface area contributed by atoms with Crippen LogP contribution in [0, 0.1) is 23.7 Å². The maximum atomic E-state index is 13.7. The van der Waals surface area contributed by atoms with E-state index in [0.29, 0.717) is 22.3 Å². The van der Waals surface area contributed by atoms with Gasteiger partial charge in [-0.2, -0.15) is 8.78 Å². The van der Waals surface area contributed by atoms with Gasteiger partial charge in [-0.3, -0.25) is 76.7 Å². The van der Waals surface area contributed by atoms with Crippen LogP contribution in [-0.2, 0) is 103 Å². The minimum absolute atomic E-state index is 0.0278. The van der Waals surface area contributed by atoms with Gasteiger partial charge in [-0.1, -0.05) is 109 Å². The second-order valence-corrected chi connectivity index (χ2v) is 34.1. The third kappa shape index (κ3) is 42.1. The van der Waals surface area contributed by atoms with Gasteiger partial charge in [0.15, 0.2) is 11.6 Å². The number of unbranched alkanes of at least 4 members (excludes halogenated alkanes) is 2. The molecule has 0 aliphatic carbocycles. The highest BCUT2D eigenvalue weighted by Crippen LogP contribution is 2.24. The average molecular weight is 2060 g/mol. The summed E-state index contributed by atoms with van der Waals surface area (Å²) < 4.78 is 27.0. The van der Waals surface area contributed by atoms with Crippen LogP contribution in [0.3, 0.4) is 0 Å². The molecular formula is C100H112F2N14O32. The van der Waals surface area contributed by atoms with E-state index in [-0.39, 0.29) is 125 Å². The number of ketones is 2. The minimum Gasteiger partial charge on any atom is -0.481 e. The standard InChI is InChI=1S/2C50H56FN7O16/c51-40-18-14-34(27-53-40)46(68)55-35(16-20-42(62)63)39(59)25-33(15-19-41(60)61)44(66)54-26-28-8-12-31(13-9-28)45(67)56-38(24-29-10-11-30-5-1-2-6-32(30)23-29)47(69)52-22-4-3-7-36(48(70)71)57-50(74)58-37(49(72)73)17-21-43(64)65;51-40-26-34(20-22-52-40)46(68)55-35(15-18-42(62)63)39(59)25-33(14-17-41(60)61)44(66)54-27-28-8-12-31(13-9-28)45(67)56-38(24-29-10-11-30-5-1-2-6-32(30)23-29)47(69)53-21-4-3-7-36(48(70)71)57-50(74)58-37(49(72)73)16-19-43(64)65/h1-2,5-6,8-14,18,23,27,33,35-38H,3-4,7,15-17,19-22,24-26H2,(H,52,69)(H,54,66)(H,55,68)(H,56,67)(H,60,61)(H,62,63)(H,64,65)(H,70,71)(H,72,73)(H2,57,58,74);1-2,5-6,8-13,20,22-23,26,33,35-38H,3-4,7,14-19,21,24-25,27H2,(H,53,69)(H,54,66)(H,55,68)(H,56,67)(H,60,61)(H,62,63)(H,64,65)(H,70,71)(H,72,73)(H2,57,58,74)/i2*51-1. The Morgan fingerprint density at radius 1 is 0.270 bits per heavy atom. The molecule has 788 valence electrons. The summed E-state index contributed by atoms with van der Waals surface area (Å²) in [5.41, 5.74) is 2.30. The van der Waals surface area contributed by atoms with Gasteiger partial charge in [-0.15, -0.1) is 0 Å². The second kappa shape index (κ2) is 60.1. The van der Waals surface area contributed by atoms with Crippen LogP contribution in [0.1, 0.15) is 192 Å². The number of fused-ring (bicyclic) bond motifs is 2. The van der Waals surface area contributed by atoms with Crippen LogP contribution < -0.4 is 63.8 Å². The van der Waals surface area contributed by atoms with E-state index >= 15 is 0 Å². The third-order valence-electron chi connectivity index (χ3n) is 23.0. The van der Waals surface area contributed by atoms with Crippen molar-refractivity contribution in [3.8, 4) is 0 Å². The molecule has 46 nitrogen and oxygen atoms in total. The van der Waals surface area contributed by atoms with Gasteiger partial charge in [0, 0.05) is 137 Å². The summed E-state index contributed by atoms with van der Waals surface area (Å²) in [5, 5.41) is 126. The summed E-state index contributed by atoms with van der Waals surface area (Å²) in [6.45, 7) is -0.228. The highest BCUT2D eigenvalue weighted by atomic mass is 18.2. The van der Waals surface area contributed by atoms with E-state index in [9.17, 15) is 155 Å². The number of aliphatic carboxylic acids is 10. The summed E-state index contributed by atoms with van der Waals surface area (Å²) in [7, 11) is 0. The number of aromatic nitrogens is 2. The normalized spacial score (nSPS) is 12.9. The number of halogens is 2. The Kier molecular flexibility index (Phi) is 47.6. The van der Waals surface area contributed by atoms with Crippen molar-refractivity contribution in [1.82, 2.24) is 73.8 Å². The molecule has 148 heavy (non-hydrogen) atoms. The summed E-state index contributed by atoms with van der Waals surface area (Å²) in [6.07, 6.45) is -3.97. The van der Waals surface area contributed by atoms with E-state index in [1.54, 1.807) is 0 Å². The molecule has 2 aromatic heterocycles. The molecule has 0 aliphatic rings. The number of hydrogen-bond donors (Lipinski definition) is 22. The van der Waals surface area contributed by atoms with Gasteiger partial charge < -0.3 is 115 Å². The molecule has 22 N–H and O–H groups in total. The Balaban J connectivity index is 0.000000401. The average Bonchev–Trinajstić information content (AvgIpc) is 0.827. The van der Waals surface area contributed by atoms with Crippen molar-refractivity contribution in [2.45, 2.75) is 203 Å². The number of nitrogens with zero attached hydrogens (tertiary/aromatic N) is 2. The SMILES string of the molecule is O=C(O)CCC(CC(=O)C(CCC(=O)O)NC(=O)c1ccc([18F])nc1)C(=O)NCc1ccc(C(=O)NC(Cc2ccc3ccccc3c2)C(=O)NCCCCC(NC(=O)NC(CCC(=O)O)C(=O)O)C(=O)O)cc1.O=C(O)CCC(CC(=O)C(CCC(=O)O)NC(=O)c1ccnc([18F])c1)C(=O)NCc1ccc(C(=O)NC(Cc2ccc3ccccc3c2)C(=O)NCCCCC(NC(=O)NC(CCC(=O)O)C(=O)O)C(=O)O)cc1. The Labute approximate surface area is 841 Å². The molecule has 0 saturated heterocycles. The van der Waals surface area contributed by atoms with Crippen molar-refractivity contribution >= 4 is 152 Å². The lowest BCUT2D eigenvalue weighted by Gasteiger charge is -2.21. The zero-order valence-electron chi connectivity index (χ0n) is 79.4. The van der Waals surface area contributed by atoms with E-state index in [1.807, 2.05) is 84.9 Å². The van der Waals surface area contributed by atoms with Crippen LogP contribution in [-0.4, -0.2) is 253 Å². The van der Waals surface area contributed by atoms with E-state index < -0.39 is 267 Å². The fraction of sp³-hybridized carbons (Fsp3) is 0.360. The number of Topliss-reactive ketones (excluding diaryl/α,β-unsaturated/α-hetero) is 2. The van der Waals surface area contributed by atoms with Gasteiger partial charge in [-0.05, 0) is 163 Å². The number of carboxylic acid groups (broad SMARTS) is 10. The molecule has 48 heteroatoms. The number of hydrogen-bond acceptors (Lipinski definition) is 24. The quantitative estimate of drug-likeness (QED) is 0.0163. The van der Waals surface area contributed by atoms with Gasteiger partial charge >= 0.3 is 71.8 Å². The summed E-state index contributed by atoms with van der Waals surface area (Å²) in [4.78, 5) is 280. The molecule has 12 amide bonds. The molecule has 0 bridgehead atoms. The van der Waals surface area contributed by atoms with Crippen LogP contribution in [0.5, 0.6) is 0 Å². The number of amides is 12. The number of rotatable bonds is 62. The van der Waals surface area contributed by atoms with Crippen LogP contribution in [0.15, 0.2) is 170 Å². The monoisotopic (exact) mass is 2060 g/mol. The Morgan fingerprint density at radius 3 is 0.932 bits per heavy atom. The van der Waals surface area contributed by atoms with E-state index in [2.05, 4.69) is 73.8 Å². The van der Waals surface area contributed by atoms with Crippen molar-refractivity contribution in [1.29, 1.82) is 0 Å². The number of benzene rings is 6. The minimum atomic E-state index is -1.58. The number of urea groups is 2. The molecule has 0 saturated carbocycles. The van der Waals surface area contributed by atoms with E-state index in [0.717, 1.165) is 52.1 Å². The fourth-order valence-corrected chi connectivity index (χ4v) is 14.9. The van der Waals surface area contributed by atoms with E-state index in [1.165, 1.54) is 54.6 Å². The van der Waals surface area contributed by atoms with Crippen LogP contribution in [0.2, 0.25) is 0 Å². The van der Waals surface area contributed by atoms with Gasteiger partial charge in [0.1, 0.15) is 36.3 Å². The number of pyridine rings is 2. The van der Waals surface area contributed by atoms with Crippen molar-refractivity contribution in [2.75, 3.05) is 13.1 Å². The number of carbonyl (C=O) groups excluding carboxylic acids is 12. The third-order valence-corrected chi connectivity index (χ3v) is 23.0. The number of carbonyl (C=O) groups is 22. The maximum Gasteiger partial charge on any atom is 0.326 e. The first-order chi connectivity index (χ1) is 70.4. The highest BCUT2D eigenvalue weighted by Gasteiger charge is 2.35. The smallest absolute Gasteiger partial charge is 0.326 e. The van der Waals surface area contributed by atoms with Crippen LogP contribution >= 0.6 is 0 Å². The van der Waals surface area contributed by atoms with Crippen LogP contribution in [0.4, 0.5) is 18.4 Å². The predicted molar refractivity (Wildman–Crippen MR) is 515 cm³/mol. The molecule has 8 rings (SSSR count). The Bertz CT molecular complexity index is 6120. The van der Waals surface area contributed by atoms with Crippen molar-refractivity contribution in [2.24, 2.45) is 11.8 Å². The Hall–Kier alpha value is -17.7. The largest absolute Gasteiger partial charge is 0.481 e. The first kappa shape index (κ1) is 117. The molecular weight excluding hydrogens is 1950 g/mol. The molecule has 10 atom stereocenters. The van der Waals surface area contributed by atoms with Gasteiger partial charge in [0.05, 0.1) is 17.6 Å². The molecule has 0 fully saturated rings. The topological polar surface area (TPSA) is 748 Å². The lowest BCUT2D eigenvalue weighted by atomic mass is 9.91. The molecule has 10 unspecified atom stereocenters. The zero-order valence-corrected chi connectivity index (χ0v) is 79.4. The first-order valence-electron chi connectivity index (χ1n) is 46.5. The zero-order chi connectivity index (χ0) is 109. The molecule has 0 spiro atoms. The second-order valence-electron chi connectivity index (χ2n) is 34.1. The fourth-order valence-electron chi connectivity index (χ4n) is 14.9. The Morgan fingerprint density at radius 2 is 0.588 bits per heavy atom. The molecule has 2 heterocycles. The number of nitrogens with one attached hydrogen (secondary N) is 12. The molecule has 8 aromatic rings. The van der Waals surface area contributed by atoms with Crippen molar-refractivity contribution in [3.63, 3.8) is 0 Å². The lowest BCUT2D eigenvalue weighted by molar-refractivity contribution is -0.142. The van der Waals surface area contributed by atoms with Gasteiger partial charge in [0.2, 0.25) is 35.5 Å². The van der Waals surface area contributed by atoms with Crippen molar-refractivity contribution < 1.29 is 165 Å². The van der Waals surface area contributed by atoms with E-state index in [4.69, 9.17) is 10.2 Å². The van der Waals surface area contributed by atoms with Gasteiger partial charge in [-0.25, -0.2) is 38.7 Å². The first-order valence-corrected chi connectivity index (χ1v) is 46.5. The maximum absolute atomic E-state index is 13.7. The lowest BCUT2D eigenvalue weighted by Crippen LogP contribution is -2.51. The number of carboxylic acids is 10. The predicted octanol–water partition coefficient (Wildman–Crippen LogP) is 5.58.